The lowest BCUT2D eigenvalue weighted by atomic mass is 10.0. The third kappa shape index (κ3) is 2.54. The molecule has 102 valence electrons. The number of rotatable bonds is 3. The summed E-state index contributed by atoms with van der Waals surface area (Å²) >= 11 is 0. The van der Waals surface area contributed by atoms with E-state index in [4.69, 9.17) is 9.47 Å². The number of carbonyl (C=O) groups excluding carboxylic acids is 2. The highest BCUT2D eigenvalue weighted by Crippen LogP contribution is 2.37. The first-order valence-electron chi connectivity index (χ1n) is 6.21. The van der Waals surface area contributed by atoms with Crippen LogP contribution in [0.3, 0.4) is 0 Å². The van der Waals surface area contributed by atoms with E-state index in [1.54, 1.807) is 39.0 Å². The Labute approximate surface area is 112 Å². The van der Waals surface area contributed by atoms with Gasteiger partial charge in [-0.1, -0.05) is 12.1 Å². The fourth-order valence-electron chi connectivity index (χ4n) is 2.01. The van der Waals surface area contributed by atoms with Crippen molar-refractivity contribution in [1.29, 1.82) is 0 Å². The Morgan fingerprint density at radius 2 is 2.05 bits per heavy atom. The Balaban J connectivity index is 2.34. The minimum atomic E-state index is -0.985. The first-order chi connectivity index (χ1) is 8.95. The summed E-state index contributed by atoms with van der Waals surface area (Å²) in [6.45, 7) is 5.29. The van der Waals surface area contributed by atoms with E-state index in [0.29, 0.717) is 18.0 Å². The molecular formula is C14H17NO4. The molecular weight excluding hydrogens is 246 g/mol. The van der Waals surface area contributed by atoms with Crippen molar-refractivity contribution in [2.75, 3.05) is 18.1 Å². The zero-order chi connectivity index (χ0) is 14.0. The Bertz CT molecular complexity index is 510. The van der Waals surface area contributed by atoms with Gasteiger partial charge in [0.2, 0.25) is 0 Å². The van der Waals surface area contributed by atoms with Crippen LogP contribution in [0.25, 0.3) is 0 Å². The molecule has 0 unspecified atom stereocenters. The van der Waals surface area contributed by atoms with Gasteiger partial charge in [-0.15, -0.1) is 0 Å². The van der Waals surface area contributed by atoms with E-state index in [1.807, 2.05) is 6.07 Å². The molecule has 0 bridgehead atoms. The molecule has 1 aromatic rings. The van der Waals surface area contributed by atoms with E-state index >= 15 is 0 Å². The number of carbonyl (C=O) groups is 2. The molecule has 0 atom stereocenters. The summed E-state index contributed by atoms with van der Waals surface area (Å²) in [4.78, 5) is 25.4. The molecule has 1 aliphatic heterocycles. The third-order valence-corrected chi connectivity index (χ3v) is 2.87. The number of amides is 1. The predicted molar refractivity (Wildman–Crippen MR) is 70.1 cm³/mol. The van der Waals surface area contributed by atoms with Crippen molar-refractivity contribution < 1.29 is 19.1 Å². The largest absolute Gasteiger partial charge is 0.476 e. The van der Waals surface area contributed by atoms with Crippen molar-refractivity contribution >= 4 is 17.6 Å². The Morgan fingerprint density at radius 3 is 2.74 bits per heavy atom. The van der Waals surface area contributed by atoms with E-state index in [2.05, 4.69) is 0 Å². The van der Waals surface area contributed by atoms with Gasteiger partial charge in [0, 0.05) is 0 Å². The highest BCUT2D eigenvalue weighted by Gasteiger charge is 2.41. The van der Waals surface area contributed by atoms with Crippen LogP contribution in [0.2, 0.25) is 0 Å². The van der Waals surface area contributed by atoms with Gasteiger partial charge in [-0.3, -0.25) is 14.5 Å². The Hall–Kier alpha value is -2.04. The maximum absolute atomic E-state index is 12.3. The Morgan fingerprint density at radius 1 is 1.37 bits per heavy atom. The minimum Gasteiger partial charge on any atom is -0.476 e. The molecule has 1 amide bonds. The number of hydrogen-bond donors (Lipinski definition) is 0. The van der Waals surface area contributed by atoms with E-state index in [1.165, 1.54) is 4.90 Å². The van der Waals surface area contributed by atoms with Crippen LogP contribution in [-0.4, -0.2) is 30.6 Å². The molecule has 0 radical (unpaired) electrons. The highest BCUT2D eigenvalue weighted by atomic mass is 16.5. The molecule has 0 spiro atoms. The number of para-hydroxylation sites is 2. The fraction of sp³-hybridized carbons (Fsp3) is 0.429. The smallest absolute Gasteiger partial charge is 0.326 e. The third-order valence-electron chi connectivity index (χ3n) is 2.87. The van der Waals surface area contributed by atoms with Gasteiger partial charge < -0.3 is 9.47 Å². The summed E-state index contributed by atoms with van der Waals surface area (Å²) in [6, 6.07) is 7.16. The lowest BCUT2D eigenvalue weighted by Gasteiger charge is -2.38. The van der Waals surface area contributed by atoms with Crippen molar-refractivity contribution in [3.05, 3.63) is 24.3 Å². The molecule has 0 saturated heterocycles. The van der Waals surface area contributed by atoms with Crippen LogP contribution in [0.15, 0.2) is 24.3 Å². The molecule has 0 aliphatic carbocycles. The van der Waals surface area contributed by atoms with Crippen LogP contribution in [0.4, 0.5) is 5.69 Å². The first kappa shape index (κ1) is 13.4. The van der Waals surface area contributed by atoms with E-state index in [9.17, 15) is 9.59 Å². The number of anilines is 1. The van der Waals surface area contributed by atoms with Crippen LogP contribution in [0.5, 0.6) is 5.75 Å². The van der Waals surface area contributed by atoms with E-state index in [-0.39, 0.29) is 12.5 Å². The number of benzene rings is 1. The molecule has 5 nitrogen and oxygen atoms in total. The quantitative estimate of drug-likeness (QED) is 0.780. The molecule has 1 aromatic carbocycles. The maximum atomic E-state index is 12.3. The summed E-state index contributed by atoms with van der Waals surface area (Å²) in [5.74, 6) is -0.0843. The molecule has 0 fully saturated rings. The number of esters is 1. The molecule has 0 aromatic heterocycles. The zero-order valence-electron chi connectivity index (χ0n) is 11.3. The van der Waals surface area contributed by atoms with E-state index < -0.39 is 11.6 Å². The van der Waals surface area contributed by atoms with Gasteiger partial charge in [0.05, 0.1) is 12.3 Å². The number of hydrogen-bond acceptors (Lipinski definition) is 4. The van der Waals surface area contributed by atoms with Gasteiger partial charge in [-0.25, -0.2) is 0 Å². The van der Waals surface area contributed by atoms with Gasteiger partial charge in [-0.05, 0) is 32.9 Å². The molecule has 2 rings (SSSR count). The molecule has 0 saturated carbocycles. The monoisotopic (exact) mass is 263 g/mol. The summed E-state index contributed by atoms with van der Waals surface area (Å²) in [5, 5.41) is 0. The standard InChI is InChI=1S/C14H17NO4/c1-4-18-12(16)9-15-10-7-5-6-8-11(10)19-14(2,3)13(15)17/h5-8H,4,9H2,1-3H3. The lowest BCUT2D eigenvalue weighted by Crippen LogP contribution is -2.54. The van der Waals surface area contributed by atoms with Crippen molar-refractivity contribution in [2.45, 2.75) is 26.4 Å². The van der Waals surface area contributed by atoms with Gasteiger partial charge in [0.15, 0.2) is 5.60 Å². The van der Waals surface area contributed by atoms with Gasteiger partial charge in [0.1, 0.15) is 12.3 Å². The fourth-order valence-corrected chi connectivity index (χ4v) is 2.01. The second-order valence-electron chi connectivity index (χ2n) is 4.78. The molecule has 0 N–H and O–H groups in total. The predicted octanol–water partition coefficient (Wildman–Crippen LogP) is 1.75. The molecule has 1 heterocycles. The van der Waals surface area contributed by atoms with Crippen molar-refractivity contribution in [1.82, 2.24) is 0 Å². The maximum Gasteiger partial charge on any atom is 0.326 e. The molecule has 19 heavy (non-hydrogen) atoms. The SMILES string of the molecule is CCOC(=O)CN1C(=O)C(C)(C)Oc2ccccc21. The summed E-state index contributed by atoms with van der Waals surface area (Å²) in [5.41, 5.74) is -0.388. The summed E-state index contributed by atoms with van der Waals surface area (Å²) in [6.07, 6.45) is 0. The van der Waals surface area contributed by atoms with Crippen molar-refractivity contribution in [2.24, 2.45) is 0 Å². The zero-order valence-corrected chi connectivity index (χ0v) is 11.3. The van der Waals surface area contributed by atoms with E-state index in [0.717, 1.165) is 0 Å². The Kier molecular flexibility index (Phi) is 3.46. The average molecular weight is 263 g/mol. The second kappa shape index (κ2) is 4.91. The summed E-state index contributed by atoms with van der Waals surface area (Å²) < 4.78 is 10.6. The average Bonchev–Trinajstić information content (AvgIpc) is 2.35. The second-order valence-corrected chi connectivity index (χ2v) is 4.78. The van der Waals surface area contributed by atoms with Gasteiger partial charge in [-0.2, -0.15) is 0 Å². The number of ether oxygens (including phenoxy) is 2. The van der Waals surface area contributed by atoms with Crippen LogP contribution >= 0.6 is 0 Å². The van der Waals surface area contributed by atoms with Gasteiger partial charge >= 0.3 is 5.97 Å². The van der Waals surface area contributed by atoms with Crippen LogP contribution in [0, 0.1) is 0 Å². The lowest BCUT2D eigenvalue weighted by molar-refractivity contribution is -0.144. The van der Waals surface area contributed by atoms with Crippen molar-refractivity contribution in [3.63, 3.8) is 0 Å². The van der Waals surface area contributed by atoms with Gasteiger partial charge in [0.25, 0.3) is 5.91 Å². The normalized spacial score (nSPS) is 16.6. The van der Waals surface area contributed by atoms with Crippen molar-refractivity contribution in [3.8, 4) is 5.75 Å². The van der Waals surface area contributed by atoms with Crippen LogP contribution < -0.4 is 9.64 Å². The highest BCUT2D eigenvalue weighted by molar-refractivity contribution is 6.05. The first-order valence-corrected chi connectivity index (χ1v) is 6.21. The van der Waals surface area contributed by atoms with Crippen LogP contribution in [-0.2, 0) is 14.3 Å². The minimum absolute atomic E-state index is 0.101. The number of nitrogens with zero attached hydrogens (tertiary/aromatic N) is 1. The number of fused-ring (bicyclic) bond motifs is 1. The van der Waals surface area contributed by atoms with Crippen LogP contribution in [0.1, 0.15) is 20.8 Å². The topological polar surface area (TPSA) is 55.8 Å². The molecule has 1 aliphatic rings. The summed E-state index contributed by atoms with van der Waals surface area (Å²) in [7, 11) is 0. The molecule has 5 heteroatoms.